The number of oxime groups is 1. The summed E-state index contributed by atoms with van der Waals surface area (Å²) in [6.07, 6.45) is 0. The van der Waals surface area contributed by atoms with E-state index in [0.717, 1.165) is 0 Å². The second-order valence-corrected chi connectivity index (χ2v) is 3.12. The quantitative estimate of drug-likeness (QED) is 0.568. The lowest BCUT2D eigenvalue weighted by Crippen LogP contribution is -2.11. The molecule has 0 bridgehead atoms. The molecule has 0 fully saturated rings. The number of benzene rings is 1. The van der Waals surface area contributed by atoms with Gasteiger partial charge in [-0.05, 0) is 12.1 Å². The van der Waals surface area contributed by atoms with E-state index in [1.165, 1.54) is 14.0 Å². The summed E-state index contributed by atoms with van der Waals surface area (Å²) < 4.78 is 0. The molecule has 1 aromatic carbocycles. The number of carbonyl (C=O) groups is 1. The summed E-state index contributed by atoms with van der Waals surface area (Å²) in [7, 11) is 1.40. The normalized spacial score (nSPS) is 11.2. The summed E-state index contributed by atoms with van der Waals surface area (Å²) in [6, 6.07) is 6.85. The summed E-state index contributed by atoms with van der Waals surface area (Å²) in [6.45, 7) is 1.44. The van der Waals surface area contributed by atoms with E-state index in [-0.39, 0.29) is 5.78 Å². The maximum atomic E-state index is 11.2. The minimum atomic E-state index is -0.144. The monoisotopic (exact) mass is 211 g/mol. The number of rotatable bonds is 3. The Morgan fingerprint density at radius 2 is 1.93 bits per heavy atom. The van der Waals surface area contributed by atoms with Crippen LogP contribution in [0.4, 0.5) is 0 Å². The first kappa shape index (κ1) is 10.7. The van der Waals surface area contributed by atoms with E-state index in [9.17, 15) is 4.79 Å². The van der Waals surface area contributed by atoms with Crippen molar-refractivity contribution >= 4 is 23.1 Å². The molecular weight excluding hydrogens is 202 g/mol. The van der Waals surface area contributed by atoms with Crippen molar-refractivity contribution in [2.24, 2.45) is 5.16 Å². The molecule has 0 unspecified atom stereocenters. The Kier molecular flexibility index (Phi) is 3.65. The van der Waals surface area contributed by atoms with Crippen molar-refractivity contribution in [3.8, 4) is 0 Å². The van der Waals surface area contributed by atoms with Gasteiger partial charge < -0.3 is 4.84 Å². The number of ketones is 1. The molecule has 14 heavy (non-hydrogen) atoms. The number of nitrogens with zero attached hydrogens (tertiary/aromatic N) is 1. The molecular formula is C10H10ClNO2. The van der Waals surface area contributed by atoms with Crippen LogP contribution in [0.2, 0.25) is 5.02 Å². The summed E-state index contributed by atoms with van der Waals surface area (Å²) in [5.41, 5.74) is 0.993. The van der Waals surface area contributed by atoms with Crippen LogP contribution in [0.1, 0.15) is 12.5 Å². The molecule has 0 saturated heterocycles. The molecule has 0 aliphatic heterocycles. The highest BCUT2D eigenvalue weighted by molar-refractivity contribution is 6.45. The second kappa shape index (κ2) is 4.77. The van der Waals surface area contributed by atoms with Gasteiger partial charge in [0.25, 0.3) is 0 Å². The molecule has 3 nitrogen and oxygen atoms in total. The van der Waals surface area contributed by atoms with E-state index in [4.69, 9.17) is 11.6 Å². The summed E-state index contributed by atoms with van der Waals surface area (Å²) >= 11 is 5.72. The number of Topliss-reactive ketones (excluding diaryl/α,β-unsaturated/α-hetero) is 1. The molecule has 1 aromatic rings. The van der Waals surface area contributed by atoms with Crippen LogP contribution >= 0.6 is 11.6 Å². The van der Waals surface area contributed by atoms with Crippen molar-refractivity contribution in [1.29, 1.82) is 0 Å². The van der Waals surface area contributed by atoms with Crippen molar-refractivity contribution < 1.29 is 9.63 Å². The van der Waals surface area contributed by atoms with E-state index in [0.29, 0.717) is 16.3 Å². The van der Waals surface area contributed by atoms with Crippen molar-refractivity contribution in [2.45, 2.75) is 6.92 Å². The van der Waals surface area contributed by atoms with E-state index in [1.807, 2.05) is 0 Å². The second-order valence-electron chi connectivity index (χ2n) is 2.69. The highest BCUT2D eigenvalue weighted by Gasteiger charge is 2.09. The van der Waals surface area contributed by atoms with Gasteiger partial charge in [0.1, 0.15) is 7.11 Å². The lowest BCUT2D eigenvalue weighted by atomic mass is 10.1. The van der Waals surface area contributed by atoms with Gasteiger partial charge in [-0.2, -0.15) is 0 Å². The van der Waals surface area contributed by atoms with Crippen LogP contribution < -0.4 is 0 Å². The minimum Gasteiger partial charge on any atom is -0.399 e. The summed E-state index contributed by atoms with van der Waals surface area (Å²) in [5, 5.41) is 4.27. The molecule has 0 N–H and O–H groups in total. The lowest BCUT2D eigenvalue weighted by molar-refractivity contribution is -0.111. The Balaban J connectivity index is 3.06. The summed E-state index contributed by atoms with van der Waals surface area (Å²) in [5.74, 6) is -0.144. The molecule has 0 atom stereocenters. The molecule has 0 spiro atoms. The van der Waals surface area contributed by atoms with Gasteiger partial charge in [-0.25, -0.2) is 0 Å². The van der Waals surface area contributed by atoms with Gasteiger partial charge >= 0.3 is 0 Å². The summed E-state index contributed by atoms with van der Waals surface area (Å²) in [4.78, 5) is 15.8. The van der Waals surface area contributed by atoms with Crippen LogP contribution in [0.25, 0.3) is 0 Å². The molecule has 0 amide bonds. The van der Waals surface area contributed by atoms with E-state index >= 15 is 0 Å². The molecule has 74 valence electrons. The zero-order chi connectivity index (χ0) is 10.6. The van der Waals surface area contributed by atoms with E-state index in [1.54, 1.807) is 24.3 Å². The highest BCUT2D eigenvalue weighted by Crippen LogP contribution is 2.10. The molecule has 0 saturated carbocycles. The van der Waals surface area contributed by atoms with Crippen LogP contribution in [-0.2, 0) is 9.63 Å². The largest absolute Gasteiger partial charge is 0.399 e. The third-order valence-corrected chi connectivity index (χ3v) is 1.89. The number of hydrogen-bond donors (Lipinski definition) is 0. The molecule has 1 rings (SSSR count). The van der Waals surface area contributed by atoms with Crippen molar-refractivity contribution in [2.75, 3.05) is 7.11 Å². The first-order chi connectivity index (χ1) is 6.65. The Bertz CT molecular complexity index is 357. The first-order valence-corrected chi connectivity index (χ1v) is 4.41. The maximum Gasteiger partial charge on any atom is 0.182 e. The van der Waals surface area contributed by atoms with Gasteiger partial charge in [0, 0.05) is 17.5 Å². The first-order valence-electron chi connectivity index (χ1n) is 4.03. The molecule has 4 heteroatoms. The predicted molar refractivity (Wildman–Crippen MR) is 55.7 cm³/mol. The molecule has 0 aliphatic carbocycles. The molecule has 0 aliphatic rings. The third kappa shape index (κ3) is 2.57. The molecule has 0 radical (unpaired) electrons. The Labute approximate surface area is 87.3 Å². The van der Waals surface area contributed by atoms with E-state index in [2.05, 4.69) is 9.99 Å². The van der Waals surface area contributed by atoms with Gasteiger partial charge in [0.2, 0.25) is 0 Å². The smallest absolute Gasteiger partial charge is 0.182 e. The number of hydrogen-bond acceptors (Lipinski definition) is 3. The SMILES string of the molecule is CON=C(C(C)=O)c1ccc(Cl)cc1. The van der Waals surface area contributed by atoms with Crippen LogP contribution in [0, 0.1) is 0 Å². The van der Waals surface area contributed by atoms with Crippen molar-refractivity contribution in [3.05, 3.63) is 34.9 Å². The van der Waals surface area contributed by atoms with Gasteiger partial charge in [0.05, 0.1) is 0 Å². The molecule has 0 heterocycles. The zero-order valence-corrected chi connectivity index (χ0v) is 8.71. The fourth-order valence-corrected chi connectivity index (χ4v) is 1.15. The lowest BCUT2D eigenvalue weighted by Gasteiger charge is -2.01. The van der Waals surface area contributed by atoms with Crippen LogP contribution in [0.3, 0.4) is 0 Å². The minimum absolute atomic E-state index is 0.144. The van der Waals surface area contributed by atoms with Gasteiger partial charge in [-0.1, -0.05) is 28.9 Å². The maximum absolute atomic E-state index is 11.2. The Morgan fingerprint density at radius 3 is 2.36 bits per heavy atom. The topological polar surface area (TPSA) is 38.7 Å². The Morgan fingerprint density at radius 1 is 1.36 bits per heavy atom. The van der Waals surface area contributed by atoms with Crippen molar-refractivity contribution in [3.63, 3.8) is 0 Å². The average molecular weight is 212 g/mol. The van der Waals surface area contributed by atoms with Crippen LogP contribution in [0.5, 0.6) is 0 Å². The Hall–Kier alpha value is -1.35. The molecule has 0 aromatic heterocycles. The van der Waals surface area contributed by atoms with Gasteiger partial charge in [0.15, 0.2) is 11.5 Å². The third-order valence-electron chi connectivity index (χ3n) is 1.63. The fourth-order valence-electron chi connectivity index (χ4n) is 1.02. The predicted octanol–water partition coefficient (Wildman–Crippen LogP) is 2.28. The number of carbonyl (C=O) groups excluding carboxylic acids is 1. The standard InChI is InChI=1S/C10H10ClNO2/c1-7(13)10(12-14-2)8-3-5-9(11)6-4-8/h3-6H,1-2H3. The van der Waals surface area contributed by atoms with Crippen molar-refractivity contribution in [1.82, 2.24) is 0 Å². The van der Waals surface area contributed by atoms with Gasteiger partial charge in [-0.15, -0.1) is 0 Å². The number of halogens is 1. The highest BCUT2D eigenvalue weighted by atomic mass is 35.5. The van der Waals surface area contributed by atoms with Crippen LogP contribution in [0.15, 0.2) is 29.4 Å². The fraction of sp³-hybridized carbons (Fsp3) is 0.200. The van der Waals surface area contributed by atoms with Gasteiger partial charge in [-0.3, -0.25) is 4.79 Å². The van der Waals surface area contributed by atoms with E-state index < -0.39 is 0 Å². The zero-order valence-electron chi connectivity index (χ0n) is 7.95. The van der Waals surface area contributed by atoms with Crippen LogP contribution in [-0.4, -0.2) is 18.6 Å². The average Bonchev–Trinajstić information content (AvgIpc) is 2.15.